The summed E-state index contributed by atoms with van der Waals surface area (Å²) in [6.07, 6.45) is 2.81. The highest BCUT2D eigenvalue weighted by atomic mass is 32.1. The summed E-state index contributed by atoms with van der Waals surface area (Å²) >= 11 is 1.47. The number of hydrogen-bond donors (Lipinski definition) is 2. The molecule has 0 saturated carbocycles. The molecule has 0 spiro atoms. The van der Waals surface area contributed by atoms with Crippen LogP contribution in [-0.4, -0.2) is 11.8 Å². The minimum atomic E-state index is -0.479. The zero-order valence-electron chi connectivity index (χ0n) is 13.5. The quantitative estimate of drug-likeness (QED) is 0.903. The van der Waals surface area contributed by atoms with Crippen LogP contribution in [0.3, 0.4) is 0 Å². The van der Waals surface area contributed by atoms with Gasteiger partial charge in [-0.1, -0.05) is 6.92 Å². The summed E-state index contributed by atoms with van der Waals surface area (Å²) in [5.74, 6) is 1.09. The van der Waals surface area contributed by atoms with E-state index < -0.39 is 5.91 Å². The predicted octanol–water partition coefficient (Wildman–Crippen LogP) is 3.43. The molecule has 0 unspecified atom stereocenters. The standard InChI is InChI=1S/C17H20N2O3S/c1-8-4-5-11-13(6-8)23-17(14(11)15(18)20)19-16(21)12-7-9(2)22-10(12)3/h7-8H,4-6H2,1-3H3,(H2,18,20)(H,19,21)/t8-/m0/s1. The number of furan rings is 1. The van der Waals surface area contributed by atoms with Crippen molar-refractivity contribution in [2.45, 2.75) is 40.0 Å². The molecule has 1 atom stereocenters. The second kappa shape index (κ2) is 5.85. The highest BCUT2D eigenvalue weighted by Gasteiger charge is 2.27. The molecule has 0 aliphatic heterocycles. The number of primary amides is 1. The Hall–Kier alpha value is -2.08. The van der Waals surface area contributed by atoms with Crippen LogP contribution in [0.4, 0.5) is 5.00 Å². The molecule has 2 aromatic heterocycles. The number of rotatable bonds is 3. The second-order valence-corrected chi connectivity index (χ2v) is 7.31. The fourth-order valence-electron chi connectivity index (χ4n) is 3.13. The van der Waals surface area contributed by atoms with Crippen molar-refractivity contribution in [3.05, 3.63) is 39.2 Å². The first-order chi connectivity index (χ1) is 10.9. The van der Waals surface area contributed by atoms with E-state index in [0.717, 1.165) is 29.7 Å². The van der Waals surface area contributed by atoms with Crippen LogP contribution in [0, 0.1) is 19.8 Å². The van der Waals surface area contributed by atoms with E-state index in [2.05, 4.69) is 12.2 Å². The van der Waals surface area contributed by atoms with Crippen LogP contribution >= 0.6 is 11.3 Å². The number of nitrogens with one attached hydrogen (secondary N) is 1. The number of fused-ring (bicyclic) bond motifs is 1. The Kier molecular flexibility index (Phi) is 4.02. The third kappa shape index (κ3) is 2.91. The molecule has 3 rings (SSSR count). The number of carbonyl (C=O) groups is 2. The Morgan fingerprint density at radius 2 is 2.13 bits per heavy atom. The van der Waals surface area contributed by atoms with Crippen molar-refractivity contribution in [2.75, 3.05) is 5.32 Å². The molecule has 0 saturated heterocycles. The van der Waals surface area contributed by atoms with Gasteiger partial charge in [-0.25, -0.2) is 0 Å². The van der Waals surface area contributed by atoms with E-state index in [1.165, 1.54) is 11.3 Å². The molecule has 0 fully saturated rings. The maximum absolute atomic E-state index is 12.5. The molecular formula is C17H20N2O3S. The van der Waals surface area contributed by atoms with Crippen molar-refractivity contribution >= 4 is 28.2 Å². The van der Waals surface area contributed by atoms with Gasteiger partial charge in [0.2, 0.25) is 0 Å². The molecule has 2 amide bonds. The van der Waals surface area contributed by atoms with Crippen molar-refractivity contribution in [1.82, 2.24) is 0 Å². The van der Waals surface area contributed by atoms with Gasteiger partial charge in [-0.2, -0.15) is 0 Å². The minimum Gasteiger partial charge on any atom is -0.466 e. The number of anilines is 1. The second-order valence-electron chi connectivity index (χ2n) is 6.20. The topological polar surface area (TPSA) is 85.3 Å². The van der Waals surface area contributed by atoms with E-state index in [0.29, 0.717) is 33.6 Å². The van der Waals surface area contributed by atoms with Crippen LogP contribution in [0.5, 0.6) is 0 Å². The molecular weight excluding hydrogens is 312 g/mol. The lowest BCUT2D eigenvalue weighted by Gasteiger charge is -2.18. The van der Waals surface area contributed by atoms with Crippen LogP contribution in [0.25, 0.3) is 0 Å². The van der Waals surface area contributed by atoms with Gasteiger partial charge in [0, 0.05) is 4.88 Å². The fourth-order valence-corrected chi connectivity index (χ4v) is 4.54. The third-order valence-electron chi connectivity index (χ3n) is 4.27. The van der Waals surface area contributed by atoms with Gasteiger partial charge in [0.05, 0.1) is 11.1 Å². The van der Waals surface area contributed by atoms with Gasteiger partial charge in [0.1, 0.15) is 16.5 Å². The Bertz CT molecular complexity index is 788. The molecule has 0 aromatic carbocycles. The summed E-state index contributed by atoms with van der Waals surface area (Å²) in [5, 5.41) is 3.41. The van der Waals surface area contributed by atoms with E-state index >= 15 is 0 Å². The van der Waals surface area contributed by atoms with Crippen molar-refractivity contribution < 1.29 is 14.0 Å². The van der Waals surface area contributed by atoms with Crippen LogP contribution in [0.2, 0.25) is 0 Å². The Morgan fingerprint density at radius 1 is 1.39 bits per heavy atom. The first kappa shape index (κ1) is 15.8. The predicted molar refractivity (Wildman–Crippen MR) is 90.2 cm³/mol. The molecule has 0 bridgehead atoms. The molecule has 5 nitrogen and oxygen atoms in total. The van der Waals surface area contributed by atoms with E-state index in [-0.39, 0.29) is 5.91 Å². The summed E-state index contributed by atoms with van der Waals surface area (Å²) in [6, 6.07) is 1.70. The van der Waals surface area contributed by atoms with Gasteiger partial charge in [-0.3, -0.25) is 9.59 Å². The average Bonchev–Trinajstić information content (AvgIpc) is 2.97. The molecule has 122 valence electrons. The number of hydrogen-bond acceptors (Lipinski definition) is 4. The molecule has 2 heterocycles. The van der Waals surface area contributed by atoms with Crippen LogP contribution in [0.15, 0.2) is 10.5 Å². The smallest absolute Gasteiger partial charge is 0.259 e. The summed E-state index contributed by atoms with van der Waals surface area (Å²) in [6.45, 7) is 5.74. The van der Waals surface area contributed by atoms with Crippen molar-refractivity contribution in [2.24, 2.45) is 11.7 Å². The van der Waals surface area contributed by atoms with Gasteiger partial charge in [-0.05, 0) is 50.7 Å². The number of thiophene rings is 1. The maximum Gasteiger partial charge on any atom is 0.259 e. The van der Waals surface area contributed by atoms with E-state index in [9.17, 15) is 9.59 Å². The molecule has 0 radical (unpaired) electrons. The highest BCUT2D eigenvalue weighted by molar-refractivity contribution is 7.17. The third-order valence-corrected chi connectivity index (χ3v) is 5.44. The van der Waals surface area contributed by atoms with E-state index in [1.807, 2.05) is 0 Å². The normalized spacial score (nSPS) is 16.9. The maximum atomic E-state index is 12.5. The van der Waals surface area contributed by atoms with Gasteiger partial charge in [-0.15, -0.1) is 11.3 Å². The summed E-state index contributed by atoms with van der Waals surface area (Å²) in [5.41, 5.74) is 7.53. The largest absolute Gasteiger partial charge is 0.466 e. The lowest BCUT2D eigenvalue weighted by molar-refractivity contribution is 0.1000. The molecule has 6 heteroatoms. The first-order valence-corrected chi connectivity index (χ1v) is 8.51. The first-order valence-electron chi connectivity index (χ1n) is 7.69. The number of nitrogens with two attached hydrogens (primary N) is 1. The molecule has 1 aliphatic carbocycles. The van der Waals surface area contributed by atoms with E-state index in [4.69, 9.17) is 10.2 Å². The van der Waals surface area contributed by atoms with Gasteiger partial charge in [0.25, 0.3) is 11.8 Å². The Balaban J connectivity index is 1.95. The summed E-state index contributed by atoms with van der Waals surface area (Å²) < 4.78 is 5.40. The van der Waals surface area contributed by atoms with E-state index in [1.54, 1.807) is 19.9 Å². The molecule has 1 aliphatic rings. The average molecular weight is 332 g/mol. The summed E-state index contributed by atoms with van der Waals surface area (Å²) in [7, 11) is 0. The van der Waals surface area contributed by atoms with Crippen LogP contribution in [0.1, 0.15) is 56.0 Å². The monoisotopic (exact) mass is 332 g/mol. The minimum absolute atomic E-state index is 0.270. The van der Waals surface area contributed by atoms with Crippen LogP contribution in [-0.2, 0) is 12.8 Å². The van der Waals surface area contributed by atoms with Crippen molar-refractivity contribution in [1.29, 1.82) is 0 Å². The van der Waals surface area contributed by atoms with Crippen molar-refractivity contribution in [3.8, 4) is 0 Å². The zero-order chi connectivity index (χ0) is 16.7. The van der Waals surface area contributed by atoms with Crippen LogP contribution < -0.4 is 11.1 Å². The zero-order valence-corrected chi connectivity index (χ0v) is 14.3. The Morgan fingerprint density at radius 3 is 2.74 bits per heavy atom. The van der Waals surface area contributed by atoms with Crippen molar-refractivity contribution in [3.63, 3.8) is 0 Å². The lowest BCUT2D eigenvalue weighted by atomic mass is 9.88. The number of carbonyl (C=O) groups excluding carboxylic acids is 2. The molecule has 23 heavy (non-hydrogen) atoms. The molecule has 2 aromatic rings. The van der Waals surface area contributed by atoms with Gasteiger partial charge >= 0.3 is 0 Å². The number of aryl methyl sites for hydroxylation is 2. The van der Waals surface area contributed by atoms with Gasteiger partial charge in [0.15, 0.2) is 0 Å². The van der Waals surface area contributed by atoms with Gasteiger partial charge < -0.3 is 15.5 Å². The SMILES string of the molecule is Cc1cc(C(=O)Nc2sc3c(c2C(N)=O)CC[C@H](C)C3)c(C)o1. The summed E-state index contributed by atoms with van der Waals surface area (Å²) in [4.78, 5) is 25.5. The Labute approximate surface area is 138 Å². The number of amides is 2. The highest BCUT2D eigenvalue weighted by Crippen LogP contribution is 2.39. The fraction of sp³-hybridized carbons (Fsp3) is 0.412. The lowest BCUT2D eigenvalue weighted by Crippen LogP contribution is -2.19. The molecule has 3 N–H and O–H groups in total.